The van der Waals surface area contributed by atoms with Gasteiger partial charge in [0.05, 0.1) is 6.54 Å². The molecule has 0 saturated heterocycles. The fraction of sp³-hybridized carbons (Fsp3) is 0.0526. The maximum atomic E-state index is 12.3. The van der Waals surface area contributed by atoms with Crippen LogP contribution in [0.25, 0.3) is 28.3 Å². The first-order valence-electron chi connectivity index (χ1n) is 8.61. The Kier molecular flexibility index (Phi) is 3.75. The predicted molar refractivity (Wildman–Crippen MR) is 101 cm³/mol. The van der Waals surface area contributed by atoms with Crippen LogP contribution in [0.5, 0.6) is 0 Å². The predicted octanol–water partition coefficient (Wildman–Crippen LogP) is 1.79. The Morgan fingerprint density at radius 2 is 1.79 bits per heavy atom. The summed E-state index contributed by atoms with van der Waals surface area (Å²) >= 11 is 0. The van der Waals surface area contributed by atoms with Gasteiger partial charge in [0.25, 0.3) is 5.56 Å². The quantitative estimate of drug-likeness (QED) is 0.517. The van der Waals surface area contributed by atoms with Gasteiger partial charge in [-0.15, -0.1) is 10.2 Å². The molecule has 0 spiro atoms. The van der Waals surface area contributed by atoms with E-state index in [1.807, 2.05) is 48.5 Å². The van der Waals surface area contributed by atoms with E-state index >= 15 is 0 Å². The highest BCUT2D eigenvalue weighted by atomic mass is 16.1. The maximum Gasteiger partial charge on any atom is 0.255 e. The summed E-state index contributed by atoms with van der Waals surface area (Å²) in [6.07, 6.45) is 3.04. The minimum Gasteiger partial charge on any atom is -0.272 e. The molecule has 136 valence electrons. The molecule has 0 aliphatic rings. The molecule has 0 aliphatic heterocycles. The van der Waals surface area contributed by atoms with E-state index in [1.165, 1.54) is 12.4 Å². The SMILES string of the molecule is O=c1ccn2ncnc2n1Cc1ccc(-c2ccccc2-c2nn[nH]n2)cc1. The molecule has 2 aromatic carbocycles. The molecular weight excluding hydrogens is 356 g/mol. The lowest BCUT2D eigenvalue weighted by atomic mass is 9.98. The molecular formula is C19H14N8O. The van der Waals surface area contributed by atoms with Gasteiger partial charge in [0.15, 0.2) is 0 Å². The van der Waals surface area contributed by atoms with Crippen LogP contribution in [0.1, 0.15) is 5.56 Å². The summed E-state index contributed by atoms with van der Waals surface area (Å²) in [6.45, 7) is 0.411. The van der Waals surface area contributed by atoms with E-state index in [4.69, 9.17) is 0 Å². The van der Waals surface area contributed by atoms with Crippen molar-refractivity contribution >= 4 is 5.78 Å². The van der Waals surface area contributed by atoms with Crippen molar-refractivity contribution < 1.29 is 0 Å². The zero-order valence-electron chi connectivity index (χ0n) is 14.6. The molecule has 0 fully saturated rings. The second-order valence-electron chi connectivity index (χ2n) is 6.22. The third-order valence-electron chi connectivity index (χ3n) is 4.54. The molecule has 3 aromatic heterocycles. The number of H-pyrrole nitrogens is 1. The largest absolute Gasteiger partial charge is 0.272 e. The van der Waals surface area contributed by atoms with E-state index in [2.05, 4.69) is 30.7 Å². The minimum atomic E-state index is -0.118. The number of aromatic nitrogens is 8. The number of nitrogens with one attached hydrogen (secondary N) is 1. The van der Waals surface area contributed by atoms with E-state index in [1.54, 1.807) is 15.3 Å². The summed E-state index contributed by atoms with van der Waals surface area (Å²) in [4.78, 5) is 16.4. The van der Waals surface area contributed by atoms with Crippen LogP contribution in [0.2, 0.25) is 0 Å². The van der Waals surface area contributed by atoms with Crippen molar-refractivity contribution in [1.82, 2.24) is 39.8 Å². The van der Waals surface area contributed by atoms with Crippen molar-refractivity contribution in [1.29, 1.82) is 0 Å². The second kappa shape index (κ2) is 6.54. The van der Waals surface area contributed by atoms with Gasteiger partial charge in [-0.05, 0) is 21.9 Å². The number of hydrogen-bond donors (Lipinski definition) is 1. The second-order valence-corrected chi connectivity index (χ2v) is 6.22. The van der Waals surface area contributed by atoms with Crippen LogP contribution in [-0.2, 0) is 6.54 Å². The molecule has 0 saturated carbocycles. The summed E-state index contributed by atoms with van der Waals surface area (Å²) in [6, 6.07) is 17.4. The van der Waals surface area contributed by atoms with Gasteiger partial charge in [0, 0.05) is 17.8 Å². The van der Waals surface area contributed by atoms with Crippen LogP contribution in [-0.4, -0.2) is 39.8 Å². The van der Waals surface area contributed by atoms with Gasteiger partial charge in [-0.2, -0.15) is 15.3 Å². The van der Waals surface area contributed by atoms with Gasteiger partial charge in [-0.25, -0.2) is 4.52 Å². The Labute approximate surface area is 158 Å². The lowest BCUT2D eigenvalue weighted by Gasteiger charge is -2.09. The summed E-state index contributed by atoms with van der Waals surface area (Å²) in [7, 11) is 0. The monoisotopic (exact) mass is 370 g/mol. The van der Waals surface area contributed by atoms with Gasteiger partial charge in [-0.3, -0.25) is 9.36 Å². The highest BCUT2D eigenvalue weighted by molar-refractivity contribution is 5.80. The van der Waals surface area contributed by atoms with Crippen molar-refractivity contribution in [3.63, 3.8) is 0 Å². The van der Waals surface area contributed by atoms with E-state index in [0.717, 1.165) is 22.3 Å². The number of rotatable bonds is 4. The van der Waals surface area contributed by atoms with Gasteiger partial charge < -0.3 is 0 Å². The van der Waals surface area contributed by atoms with Crippen LogP contribution in [0.4, 0.5) is 0 Å². The lowest BCUT2D eigenvalue weighted by Crippen LogP contribution is -2.22. The maximum absolute atomic E-state index is 12.3. The van der Waals surface area contributed by atoms with Crippen LogP contribution in [0, 0.1) is 0 Å². The average Bonchev–Trinajstić information content (AvgIpc) is 3.43. The zero-order chi connectivity index (χ0) is 18.9. The third-order valence-corrected chi connectivity index (χ3v) is 4.54. The van der Waals surface area contributed by atoms with Crippen molar-refractivity contribution in [3.8, 4) is 22.5 Å². The zero-order valence-corrected chi connectivity index (χ0v) is 14.6. The smallest absolute Gasteiger partial charge is 0.255 e. The summed E-state index contributed by atoms with van der Waals surface area (Å²) in [5, 5.41) is 18.4. The van der Waals surface area contributed by atoms with E-state index in [9.17, 15) is 4.79 Å². The summed E-state index contributed by atoms with van der Waals surface area (Å²) in [5.74, 6) is 1.06. The first-order valence-corrected chi connectivity index (χ1v) is 8.61. The number of tetrazole rings is 1. The molecule has 0 bridgehead atoms. The minimum absolute atomic E-state index is 0.118. The molecule has 0 amide bonds. The number of hydrogen-bond acceptors (Lipinski definition) is 6. The molecule has 0 atom stereocenters. The third kappa shape index (κ3) is 2.75. The lowest BCUT2D eigenvalue weighted by molar-refractivity contribution is 0.741. The molecule has 1 N–H and O–H groups in total. The molecule has 0 radical (unpaired) electrons. The van der Waals surface area contributed by atoms with E-state index in [-0.39, 0.29) is 5.56 Å². The number of nitrogens with zero attached hydrogens (tertiary/aromatic N) is 7. The van der Waals surface area contributed by atoms with Crippen LogP contribution < -0.4 is 5.56 Å². The van der Waals surface area contributed by atoms with Gasteiger partial charge in [-0.1, -0.05) is 48.5 Å². The van der Waals surface area contributed by atoms with Crippen LogP contribution in [0.3, 0.4) is 0 Å². The number of benzene rings is 2. The Morgan fingerprint density at radius 1 is 0.964 bits per heavy atom. The topological polar surface area (TPSA) is 107 Å². The van der Waals surface area contributed by atoms with Crippen molar-refractivity contribution in [3.05, 3.63) is 83.0 Å². The molecule has 5 rings (SSSR count). The van der Waals surface area contributed by atoms with Crippen LogP contribution in [0.15, 0.2) is 71.9 Å². The fourth-order valence-corrected chi connectivity index (χ4v) is 3.19. The standard InChI is InChI=1S/C19H14N8O/c28-17-9-10-27-19(20-12-21-27)26(17)11-13-5-7-14(8-6-13)15-3-1-2-4-16(15)18-22-24-25-23-18/h1-10,12H,11H2,(H,22,23,24,25). The molecule has 9 nitrogen and oxygen atoms in total. The molecule has 0 aliphatic carbocycles. The van der Waals surface area contributed by atoms with E-state index in [0.29, 0.717) is 18.1 Å². The normalized spacial score (nSPS) is 11.1. The highest BCUT2D eigenvalue weighted by Gasteiger charge is 2.11. The van der Waals surface area contributed by atoms with Gasteiger partial charge >= 0.3 is 0 Å². The average molecular weight is 370 g/mol. The van der Waals surface area contributed by atoms with Crippen molar-refractivity contribution in [2.75, 3.05) is 0 Å². The Bertz CT molecular complexity index is 1300. The Hall–Kier alpha value is -4.14. The first-order chi connectivity index (χ1) is 13.8. The van der Waals surface area contributed by atoms with Gasteiger partial charge in [0.2, 0.25) is 11.6 Å². The Balaban J connectivity index is 1.50. The fourth-order valence-electron chi connectivity index (χ4n) is 3.19. The van der Waals surface area contributed by atoms with E-state index < -0.39 is 0 Å². The Morgan fingerprint density at radius 3 is 2.57 bits per heavy atom. The van der Waals surface area contributed by atoms with Crippen molar-refractivity contribution in [2.45, 2.75) is 6.54 Å². The highest BCUT2D eigenvalue weighted by Crippen LogP contribution is 2.29. The van der Waals surface area contributed by atoms with Gasteiger partial charge in [0.1, 0.15) is 6.33 Å². The number of fused-ring (bicyclic) bond motifs is 1. The van der Waals surface area contributed by atoms with Crippen LogP contribution >= 0.6 is 0 Å². The molecule has 0 unspecified atom stereocenters. The molecule has 3 heterocycles. The number of aromatic amines is 1. The van der Waals surface area contributed by atoms with Crippen molar-refractivity contribution in [2.24, 2.45) is 0 Å². The molecule has 28 heavy (non-hydrogen) atoms. The summed E-state index contributed by atoms with van der Waals surface area (Å²) < 4.78 is 3.17. The first kappa shape index (κ1) is 16.1. The molecule has 9 heteroatoms. The summed E-state index contributed by atoms with van der Waals surface area (Å²) in [5.41, 5.74) is 3.80. The molecule has 5 aromatic rings.